The van der Waals surface area contributed by atoms with Crippen LogP contribution in [0.4, 0.5) is 4.79 Å². The molecule has 5 heteroatoms. The largest absolute Gasteiger partial charge is 0.309 e. The van der Waals surface area contributed by atoms with Crippen molar-refractivity contribution in [2.24, 2.45) is 4.99 Å². The number of aliphatic imine (C=N–C) groups is 1. The predicted octanol–water partition coefficient (Wildman–Crippen LogP) is 0.769. The van der Waals surface area contributed by atoms with Crippen molar-refractivity contribution in [3.05, 3.63) is 0 Å². The highest BCUT2D eigenvalue weighted by molar-refractivity contribution is 14.1. The monoisotopic (exact) mass is 245 g/mol. The van der Waals surface area contributed by atoms with Crippen LogP contribution in [0.3, 0.4) is 0 Å². The molecule has 0 aliphatic heterocycles. The average molecular weight is 245 g/mol. The molecule has 1 amide bonds. The lowest BCUT2D eigenvalue weighted by Gasteiger charge is -1.76. The van der Waals surface area contributed by atoms with E-state index in [0.29, 0.717) is 20.3 Å². The fourth-order valence-corrected chi connectivity index (χ4v) is 1.36. The summed E-state index contributed by atoms with van der Waals surface area (Å²) in [4.78, 5) is 13.4. The van der Waals surface area contributed by atoms with Crippen LogP contribution in [0.5, 0.6) is 0 Å². The Labute approximate surface area is 67.9 Å². The van der Waals surface area contributed by atoms with Crippen LogP contribution >= 0.6 is 34.2 Å². The molecule has 0 radical (unpaired) electrons. The standard InChI is InChI=1S/C2ClINO.Al.2H/c3-1-5-2(4)6;;;. The molecule has 7 heavy (non-hydrogen) atoms. The molecule has 0 fully saturated rings. The fraction of sp³-hybridized carbons (Fsp3) is 0. The van der Waals surface area contributed by atoms with E-state index in [1.54, 1.807) is 22.6 Å². The number of hydrogen-bond donors (Lipinski definition) is 0. The lowest BCUT2D eigenvalue weighted by Crippen LogP contribution is -1.85. The molecule has 0 spiro atoms. The molecule has 0 heterocycles. The number of carbonyl (C=O) groups excluding carboxylic acids is 1. The van der Waals surface area contributed by atoms with Crippen molar-refractivity contribution in [1.29, 1.82) is 0 Å². The highest BCUT2D eigenvalue weighted by atomic mass is 127. The molecule has 0 saturated heterocycles. The Morgan fingerprint density at radius 2 is 2.29 bits per heavy atom. The van der Waals surface area contributed by atoms with Gasteiger partial charge in [-0.3, -0.25) is 4.79 Å². The minimum absolute atomic E-state index is 0.252. The van der Waals surface area contributed by atoms with E-state index in [0.717, 1.165) is 0 Å². The lowest BCUT2D eigenvalue weighted by atomic mass is 11.3. The van der Waals surface area contributed by atoms with Gasteiger partial charge in [-0.05, 0) is 0 Å². The first kappa shape index (κ1) is 7.89. The zero-order chi connectivity index (χ0) is 5.86. The highest BCUT2D eigenvalue weighted by Gasteiger charge is 1.85. The molecule has 0 aromatic rings. The van der Waals surface area contributed by atoms with Crippen LogP contribution in [-0.2, 0) is 0 Å². The zero-order valence-electron chi connectivity index (χ0n) is 3.61. The first-order valence-electron chi connectivity index (χ1n) is 1.53. The third-order valence-corrected chi connectivity index (χ3v) is 0.791. The molecule has 2 nitrogen and oxygen atoms in total. The third-order valence-electron chi connectivity index (χ3n) is 0.242. The summed E-state index contributed by atoms with van der Waals surface area (Å²) in [5.41, 5.74) is 0. The van der Waals surface area contributed by atoms with Gasteiger partial charge in [-0.2, -0.15) is 0 Å². The van der Waals surface area contributed by atoms with Crippen molar-refractivity contribution < 1.29 is 4.79 Å². The van der Waals surface area contributed by atoms with Gasteiger partial charge in [0.05, 0.1) is 0 Å². The average Bonchev–Trinajstić information content (AvgIpc) is 1.27. The molecule has 0 N–H and O–H groups in total. The number of nitrogens with zero attached hydrogens (tertiary/aromatic N) is 1. The Balaban J connectivity index is 3.68. The smallest absolute Gasteiger partial charge is 0.260 e. The molecular weight excluding hydrogens is 243 g/mol. The van der Waals surface area contributed by atoms with Gasteiger partial charge >= 0.3 is 20.2 Å². The van der Waals surface area contributed by atoms with Gasteiger partial charge in [0.1, 0.15) is 0 Å². The molecule has 0 aliphatic carbocycles. The summed E-state index contributed by atoms with van der Waals surface area (Å²) in [6, 6.07) is 0. The normalized spacial score (nSPS) is 11.4. The van der Waals surface area contributed by atoms with Gasteiger partial charge in [0.25, 0.3) is 0 Å². The molecule has 0 aliphatic rings. The van der Waals surface area contributed by atoms with E-state index >= 15 is 0 Å². The molecular formula is C2H2AlClINO. The van der Waals surface area contributed by atoms with Gasteiger partial charge in [0, 0.05) is 26.6 Å². The van der Waals surface area contributed by atoms with Crippen LogP contribution in [0.1, 0.15) is 0 Å². The molecule has 0 saturated carbocycles. The Hall–Kier alpha value is 0.892. The molecule has 0 rings (SSSR count). The van der Waals surface area contributed by atoms with Crippen molar-refractivity contribution in [2.75, 3.05) is 0 Å². The van der Waals surface area contributed by atoms with Crippen molar-refractivity contribution >= 4 is 58.4 Å². The molecule has 0 aromatic heterocycles. The van der Waals surface area contributed by atoms with Crippen LogP contribution in [0.15, 0.2) is 4.99 Å². The summed E-state index contributed by atoms with van der Waals surface area (Å²) in [6.45, 7) is 0. The third kappa shape index (κ3) is 6.89. The van der Waals surface area contributed by atoms with E-state index in [1.165, 1.54) is 0 Å². The minimum atomic E-state index is -0.252. The number of rotatable bonds is 0. The summed E-state index contributed by atoms with van der Waals surface area (Å²) in [6.07, 6.45) is 0. The summed E-state index contributed by atoms with van der Waals surface area (Å²) in [5, 5.41) is 0. The minimum Gasteiger partial charge on any atom is -0.260 e. The van der Waals surface area contributed by atoms with E-state index in [-0.39, 0.29) is 3.91 Å². The van der Waals surface area contributed by atoms with E-state index in [2.05, 4.69) is 4.99 Å². The van der Waals surface area contributed by atoms with Crippen LogP contribution in [0.2, 0.25) is 0 Å². The topological polar surface area (TPSA) is 29.4 Å². The molecule has 0 bridgehead atoms. The summed E-state index contributed by atoms with van der Waals surface area (Å²) >= 11 is 7.48. The second kappa shape index (κ2) is 3.84. The Bertz CT molecular complexity index is 110. The second-order valence-electron chi connectivity index (χ2n) is 0.862. The van der Waals surface area contributed by atoms with E-state index < -0.39 is 0 Å². The van der Waals surface area contributed by atoms with Crippen LogP contribution in [-0.4, -0.2) is 24.2 Å². The Morgan fingerprint density at radius 1 is 1.86 bits per heavy atom. The lowest BCUT2D eigenvalue weighted by molar-refractivity contribution is 0.269. The fourth-order valence-electron chi connectivity index (χ4n) is 0.121. The first-order chi connectivity index (χ1) is 3.13. The molecule has 38 valence electrons. The highest BCUT2D eigenvalue weighted by Crippen LogP contribution is 1.91. The Morgan fingerprint density at radius 3 is 2.29 bits per heavy atom. The quantitative estimate of drug-likeness (QED) is 0.204. The summed E-state index contributed by atoms with van der Waals surface area (Å²) < 4.78 is 0.164. The van der Waals surface area contributed by atoms with Crippen molar-refractivity contribution in [1.82, 2.24) is 0 Å². The van der Waals surface area contributed by atoms with E-state index in [1.807, 2.05) is 0 Å². The van der Waals surface area contributed by atoms with Crippen LogP contribution < -0.4 is 0 Å². The number of hydrogen-bond acceptors (Lipinski definition) is 1. The van der Waals surface area contributed by atoms with Gasteiger partial charge < -0.3 is 0 Å². The molecule has 0 unspecified atom stereocenters. The maximum atomic E-state index is 9.99. The van der Waals surface area contributed by atoms with Gasteiger partial charge in [-0.25, -0.2) is 4.99 Å². The van der Waals surface area contributed by atoms with Crippen LogP contribution in [0.25, 0.3) is 0 Å². The van der Waals surface area contributed by atoms with E-state index in [9.17, 15) is 4.79 Å². The maximum Gasteiger partial charge on any atom is 0.309 e. The van der Waals surface area contributed by atoms with Gasteiger partial charge in [0.2, 0.25) is 0 Å². The predicted molar refractivity (Wildman–Crippen MR) is 41.2 cm³/mol. The Kier molecular flexibility index (Phi) is 4.33. The first-order valence-corrected chi connectivity index (χ1v) is 3.99. The number of halogens is 2. The second-order valence-corrected chi connectivity index (χ2v) is 3.91. The number of carbonyl (C=O) groups is 1. The van der Waals surface area contributed by atoms with Gasteiger partial charge in [-0.1, -0.05) is 11.6 Å². The SMILES string of the molecule is O=C(I)N=[C]([AlH2])Cl. The molecule has 0 atom stereocenters. The zero-order valence-corrected chi connectivity index (χ0v) is 8.52. The summed E-state index contributed by atoms with van der Waals surface area (Å²) in [5.74, 6) is 0. The van der Waals surface area contributed by atoms with Crippen LogP contribution in [0, 0.1) is 0 Å². The summed E-state index contributed by atoms with van der Waals surface area (Å²) in [7, 11) is 0. The van der Waals surface area contributed by atoms with E-state index in [4.69, 9.17) is 11.6 Å². The van der Waals surface area contributed by atoms with Crippen molar-refractivity contribution in [2.45, 2.75) is 0 Å². The van der Waals surface area contributed by atoms with Gasteiger partial charge in [-0.15, -0.1) is 0 Å². The molecule has 0 aromatic carbocycles. The maximum absolute atomic E-state index is 9.99. The van der Waals surface area contributed by atoms with Crippen molar-refractivity contribution in [3.8, 4) is 0 Å². The van der Waals surface area contributed by atoms with Gasteiger partial charge in [0.15, 0.2) is 0 Å². The van der Waals surface area contributed by atoms with Crippen molar-refractivity contribution in [3.63, 3.8) is 0 Å². The number of amides is 1.